The van der Waals surface area contributed by atoms with Gasteiger partial charge in [0.15, 0.2) is 0 Å². The Balaban J connectivity index is 2.93. The first-order valence-electron chi connectivity index (χ1n) is 6.82. The molecule has 1 heterocycles. The summed E-state index contributed by atoms with van der Waals surface area (Å²) in [5.41, 5.74) is 3.94. The summed E-state index contributed by atoms with van der Waals surface area (Å²) < 4.78 is 11.0. The minimum atomic E-state index is -1.03. The van der Waals surface area contributed by atoms with Gasteiger partial charge in [0.25, 0.3) is 0 Å². The van der Waals surface area contributed by atoms with E-state index < -0.39 is 11.2 Å². The quantitative estimate of drug-likeness (QED) is 0.741. The Hall–Kier alpha value is -0.980. The molecule has 0 saturated carbocycles. The predicted octanol–water partition coefficient (Wildman–Crippen LogP) is 1.37. The first-order valence-corrected chi connectivity index (χ1v) is 6.82. The maximum Gasteiger partial charge on any atom is 0.229 e. The third-order valence-electron chi connectivity index (χ3n) is 3.41. The third-order valence-corrected chi connectivity index (χ3v) is 3.41. The largest absolute Gasteiger partial charge is 0.388 e. The average Bonchev–Trinajstić information content (AvgIpc) is 2.84. The average molecular weight is 271 g/mol. The second kappa shape index (κ2) is 6.45. The molecular formula is C13H25N3O3. The molecule has 0 spiro atoms. The molecule has 0 radical (unpaired) electrons. The maximum atomic E-state index is 9.92. The minimum Gasteiger partial charge on any atom is -0.388 e. The molecule has 6 heteroatoms. The lowest BCUT2D eigenvalue weighted by Crippen LogP contribution is -2.36. The van der Waals surface area contributed by atoms with E-state index in [1.165, 1.54) is 0 Å². The molecule has 0 aliphatic carbocycles. The van der Waals surface area contributed by atoms with Gasteiger partial charge >= 0.3 is 0 Å². The number of nitrogens with zero attached hydrogens (tertiary/aromatic N) is 2. The summed E-state index contributed by atoms with van der Waals surface area (Å²) in [6.45, 7) is 8.39. The minimum absolute atomic E-state index is 0.142. The summed E-state index contributed by atoms with van der Waals surface area (Å²) in [6, 6.07) is 0. The normalized spacial score (nSPS) is 15.5. The Morgan fingerprint density at radius 3 is 2.42 bits per heavy atom. The first kappa shape index (κ1) is 16.1. The summed E-state index contributed by atoms with van der Waals surface area (Å²) in [7, 11) is 0. The van der Waals surface area contributed by atoms with Crippen molar-refractivity contribution in [3.8, 4) is 0 Å². The first-order chi connectivity index (χ1) is 8.93. The Bertz CT molecular complexity index is 386. The van der Waals surface area contributed by atoms with Crippen LogP contribution in [0, 0.1) is 0 Å². The second-order valence-electron chi connectivity index (χ2n) is 5.02. The Kier molecular flexibility index (Phi) is 5.46. The highest BCUT2D eigenvalue weighted by atomic mass is 16.5. The predicted molar refractivity (Wildman–Crippen MR) is 71.6 cm³/mol. The molecule has 3 N–H and O–H groups in total. The van der Waals surface area contributed by atoms with Gasteiger partial charge in [0, 0.05) is 13.2 Å². The fraction of sp³-hybridized carbons (Fsp3) is 0.846. The van der Waals surface area contributed by atoms with Crippen LogP contribution < -0.4 is 5.73 Å². The van der Waals surface area contributed by atoms with Crippen molar-refractivity contribution in [3.05, 3.63) is 11.7 Å². The molecule has 1 atom stereocenters. The van der Waals surface area contributed by atoms with Crippen molar-refractivity contribution < 1.29 is 14.4 Å². The van der Waals surface area contributed by atoms with Crippen LogP contribution in [-0.4, -0.2) is 34.0 Å². The third kappa shape index (κ3) is 3.75. The zero-order valence-electron chi connectivity index (χ0n) is 12.3. The molecular weight excluding hydrogens is 246 g/mol. The van der Waals surface area contributed by atoms with Crippen molar-refractivity contribution in [2.45, 2.75) is 58.2 Å². The van der Waals surface area contributed by atoms with Gasteiger partial charge in [0.05, 0.1) is 12.0 Å². The summed E-state index contributed by atoms with van der Waals surface area (Å²) in [4.78, 5) is 4.36. The van der Waals surface area contributed by atoms with Crippen LogP contribution in [0.3, 0.4) is 0 Å². The molecule has 1 unspecified atom stereocenters. The van der Waals surface area contributed by atoms with E-state index in [1.807, 2.05) is 20.8 Å². The summed E-state index contributed by atoms with van der Waals surface area (Å²) in [5, 5.41) is 13.9. The van der Waals surface area contributed by atoms with Crippen molar-refractivity contribution in [2.24, 2.45) is 5.73 Å². The number of ether oxygens (including phenoxy) is 1. The molecule has 19 heavy (non-hydrogen) atoms. The molecule has 0 aliphatic rings. The monoisotopic (exact) mass is 271 g/mol. The highest BCUT2D eigenvalue weighted by Crippen LogP contribution is 2.31. The van der Waals surface area contributed by atoms with Gasteiger partial charge in [-0.25, -0.2) is 0 Å². The molecule has 110 valence electrons. The number of rotatable bonds is 8. The number of aromatic nitrogens is 2. The van der Waals surface area contributed by atoms with Gasteiger partial charge in [-0.1, -0.05) is 19.0 Å². The van der Waals surface area contributed by atoms with Gasteiger partial charge in [-0.2, -0.15) is 4.98 Å². The molecule has 0 amide bonds. The van der Waals surface area contributed by atoms with E-state index >= 15 is 0 Å². The van der Waals surface area contributed by atoms with E-state index in [9.17, 15) is 5.11 Å². The van der Waals surface area contributed by atoms with Crippen molar-refractivity contribution in [1.29, 1.82) is 0 Å². The number of hydrogen-bond acceptors (Lipinski definition) is 6. The van der Waals surface area contributed by atoms with Gasteiger partial charge < -0.3 is 20.1 Å². The van der Waals surface area contributed by atoms with E-state index in [4.69, 9.17) is 15.0 Å². The Morgan fingerprint density at radius 1 is 1.32 bits per heavy atom. The number of nitrogens with two attached hydrogens (primary N) is 1. The standard InChI is InChI=1S/C13H25N3O3/c1-5-13(6-2,18-7-3)11-15-10(19-16-11)8-12(4,17)9-14/h17H,5-9,14H2,1-4H3. The fourth-order valence-corrected chi connectivity index (χ4v) is 2.02. The lowest BCUT2D eigenvalue weighted by atomic mass is 9.96. The van der Waals surface area contributed by atoms with Gasteiger partial charge in [-0.3, -0.25) is 0 Å². The Labute approximate surface area is 114 Å². The molecule has 1 aromatic heterocycles. The molecule has 0 fully saturated rings. The summed E-state index contributed by atoms with van der Waals surface area (Å²) >= 11 is 0. The Morgan fingerprint density at radius 2 is 1.95 bits per heavy atom. The van der Waals surface area contributed by atoms with Gasteiger partial charge in [0.2, 0.25) is 11.7 Å². The van der Waals surface area contributed by atoms with Crippen molar-refractivity contribution in [3.63, 3.8) is 0 Å². The van der Waals surface area contributed by atoms with Crippen LogP contribution in [0.5, 0.6) is 0 Å². The van der Waals surface area contributed by atoms with Crippen LogP contribution in [0.4, 0.5) is 0 Å². The molecule has 0 bridgehead atoms. The van der Waals surface area contributed by atoms with Gasteiger partial charge in [0.1, 0.15) is 5.60 Å². The number of hydrogen-bond donors (Lipinski definition) is 2. The second-order valence-corrected chi connectivity index (χ2v) is 5.02. The van der Waals surface area contributed by atoms with Crippen LogP contribution in [0.15, 0.2) is 4.52 Å². The van der Waals surface area contributed by atoms with Crippen LogP contribution in [0.2, 0.25) is 0 Å². The molecule has 1 aromatic rings. The number of aliphatic hydroxyl groups is 1. The highest BCUT2D eigenvalue weighted by Gasteiger charge is 2.35. The lowest BCUT2D eigenvalue weighted by molar-refractivity contribution is -0.0583. The molecule has 0 aliphatic heterocycles. The molecule has 6 nitrogen and oxygen atoms in total. The van der Waals surface area contributed by atoms with E-state index in [0.717, 1.165) is 12.8 Å². The molecule has 0 aromatic carbocycles. The molecule has 0 saturated heterocycles. The smallest absolute Gasteiger partial charge is 0.229 e. The fourth-order valence-electron chi connectivity index (χ4n) is 2.02. The van der Waals surface area contributed by atoms with Crippen LogP contribution >= 0.6 is 0 Å². The SMILES string of the molecule is CCOC(CC)(CC)c1noc(CC(C)(O)CN)n1. The zero-order valence-corrected chi connectivity index (χ0v) is 12.3. The van der Waals surface area contributed by atoms with E-state index in [2.05, 4.69) is 10.1 Å². The van der Waals surface area contributed by atoms with Crippen LogP contribution in [0.25, 0.3) is 0 Å². The summed E-state index contributed by atoms with van der Waals surface area (Å²) in [6.07, 6.45) is 1.78. The zero-order chi connectivity index (χ0) is 14.5. The summed E-state index contributed by atoms with van der Waals surface area (Å²) in [5.74, 6) is 0.929. The van der Waals surface area contributed by atoms with E-state index in [1.54, 1.807) is 6.92 Å². The lowest BCUT2D eigenvalue weighted by Gasteiger charge is -2.27. The van der Waals surface area contributed by atoms with Crippen molar-refractivity contribution >= 4 is 0 Å². The van der Waals surface area contributed by atoms with Crippen molar-refractivity contribution in [1.82, 2.24) is 10.1 Å². The maximum absolute atomic E-state index is 9.92. The van der Waals surface area contributed by atoms with Gasteiger partial charge in [-0.05, 0) is 26.7 Å². The topological polar surface area (TPSA) is 94.4 Å². The van der Waals surface area contributed by atoms with E-state index in [-0.39, 0.29) is 13.0 Å². The van der Waals surface area contributed by atoms with Crippen molar-refractivity contribution in [2.75, 3.05) is 13.2 Å². The highest BCUT2D eigenvalue weighted by molar-refractivity contribution is 5.02. The van der Waals surface area contributed by atoms with Crippen LogP contribution in [0.1, 0.15) is 52.3 Å². The molecule has 1 rings (SSSR count). The van der Waals surface area contributed by atoms with Crippen LogP contribution in [-0.2, 0) is 16.8 Å². The van der Waals surface area contributed by atoms with E-state index in [0.29, 0.717) is 18.3 Å². The van der Waals surface area contributed by atoms with Gasteiger partial charge in [-0.15, -0.1) is 0 Å².